The van der Waals surface area contributed by atoms with Crippen molar-refractivity contribution in [3.63, 3.8) is 0 Å². The summed E-state index contributed by atoms with van der Waals surface area (Å²) >= 11 is 3.43. The highest BCUT2D eigenvalue weighted by molar-refractivity contribution is 9.10. The normalized spacial score (nSPS) is 26.9. The van der Waals surface area contributed by atoms with Crippen LogP contribution in [0.3, 0.4) is 0 Å². The van der Waals surface area contributed by atoms with Gasteiger partial charge in [-0.05, 0) is 43.5 Å². The molecule has 1 saturated heterocycles. The molecule has 1 saturated carbocycles. The molecule has 1 heterocycles. The highest BCUT2D eigenvalue weighted by atomic mass is 79.9. The van der Waals surface area contributed by atoms with Gasteiger partial charge in [0.25, 0.3) is 0 Å². The monoisotopic (exact) mass is 307 g/mol. The first-order valence-electron chi connectivity index (χ1n) is 6.23. The number of imide groups is 1. The lowest BCUT2D eigenvalue weighted by atomic mass is 10.00. The number of amides is 2. The number of fused-ring (bicyclic) bond motifs is 1. The van der Waals surface area contributed by atoms with Crippen LogP contribution >= 0.6 is 15.9 Å². The molecule has 0 radical (unpaired) electrons. The zero-order valence-electron chi connectivity index (χ0n) is 10.1. The zero-order chi connectivity index (χ0) is 12.9. The molecule has 1 aliphatic heterocycles. The van der Waals surface area contributed by atoms with Crippen LogP contribution in [0.15, 0.2) is 22.7 Å². The molecule has 0 spiro atoms. The average molecular weight is 308 g/mol. The summed E-state index contributed by atoms with van der Waals surface area (Å²) < 4.78 is 0.991. The molecule has 18 heavy (non-hydrogen) atoms. The second-order valence-electron chi connectivity index (χ2n) is 5.09. The molecule has 4 heteroatoms. The third kappa shape index (κ3) is 1.62. The number of hydrogen-bond donors (Lipinski definition) is 0. The smallest absolute Gasteiger partial charge is 0.237 e. The minimum Gasteiger partial charge on any atom is -0.274 e. The van der Waals surface area contributed by atoms with Crippen LogP contribution in [0.5, 0.6) is 0 Å². The van der Waals surface area contributed by atoms with Crippen LogP contribution in [-0.2, 0) is 9.59 Å². The minimum atomic E-state index is -0.0681. The van der Waals surface area contributed by atoms with Crippen LogP contribution in [0, 0.1) is 18.8 Å². The van der Waals surface area contributed by atoms with Gasteiger partial charge in [0.1, 0.15) is 0 Å². The Hall–Kier alpha value is -1.16. The van der Waals surface area contributed by atoms with Crippen molar-refractivity contribution < 1.29 is 9.59 Å². The van der Waals surface area contributed by atoms with E-state index < -0.39 is 0 Å². The summed E-state index contributed by atoms with van der Waals surface area (Å²) in [4.78, 5) is 26.0. The lowest BCUT2D eigenvalue weighted by Gasteiger charge is -2.16. The van der Waals surface area contributed by atoms with Crippen LogP contribution in [0.4, 0.5) is 5.69 Å². The molecule has 3 nitrogen and oxygen atoms in total. The Labute approximate surface area is 114 Å². The predicted octanol–water partition coefficient (Wildman–Crippen LogP) is 3.05. The lowest BCUT2D eigenvalue weighted by Crippen LogP contribution is -2.31. The predicted molar refractivity (Wildman–Crippen MR) is 72.2 cm³/mol. The Bertz CT molecular complexity index is 519. The quantitative estimate of drug-likeness (QED) is 0.748. The summed E-state index contributed by atoms with van der Waals surface area (Å²) in [6, 6.07) is 5.61. The number of rotatable bonds is 1. The van der Waals surface area contributed by atoms with E-state index in [1.54, 1.807) is 0 Å². The number of nitrogens with zero attached hydrogens (tertiary/aromatic N) is 1. The van der Waals surface area contributed by atoms with Crippen LogP contribution in [0.2, 0.25) is 0 Å². The van der Waals surface area contributed by atoms with Crippen molar-refractivity contribution >= 4 is 33.4 Å². The van der Waals surface area contributed by atoms with E-state index in [0.717, 1.165) is 29.3 Å². The van der Waals surface area contributed by atoms with Gasteiger partial charge in [0.15, 0.2) is 0 Å². The number of benzene rings is 1. The molecule has 0 bridgehead atoms. The molecule has 3 rings (SSSR count). The van der Waals surface area contributed by atoms with Crippen molar-refractivity contribution in [3.8, 4) is 0 Å². The maximum Gasteiger partial charge on any atom is 0.237 e. The summed E-state index contributed by atoms with van der Waals surface area (Å²) in [5.41, 5.74) is 1.74. The maximum absolute atomic E-state index is 12.3. The summed E-state index contributed by atoms with van der Waals surface area (Å²) in [6.07, 6.45) is 2.72. The largest absolute Gasteiger partial charge is 0.274 e. The van der Waals surface area contributed by atoms with Crippen molar-refractivity contribution in [2.75, 3.05) is 4.90 Å². The van der Waals surface area contributed by atoms with Gasteiger partial charge in [-0.15, -0.1) is 0 Å². The third-order valence-corrected chi connectivity index (χ3v) is 4.88. The molecule has 2 amide bonds. The van der Waals surface area contributed by atoms with Gasteiger partial charge in [0.05, 0.1) is 17.5 Å². The molecule has 2 fully saturated rings. The van der Waals surface area contributed by atoms with E-state index in [4.69, 9.17) is 0 Å². The molecule has 0 N–H and O–H groups in total. The van der Waals surface area contributed by atoms with Crippen molar-refractivity contribution in [1.29, 1.82) is 0 Å². The number of carbonyl (C=O) groups is 2. The second-order valence-corrected chi connectivity index (χ2v) is 5.94. The molecule has 2 atom stereocenters. The average Bonchev–Trinajstić information content (AvgIpc) is 2.89. The molecule has 1 aliphatic carbocycles. The first-order chi connectivity index (χ1) is 8.59. The summed E-state index contributed by atoms with van der Waals surface area (Å²) in [6.45, 7) is 1.96. The van der Waals surface area contributed by atoms with Crippen molar-refractivity contribution in [1.82, 2.24) is 0 Å². The maximum atomic E-state index is 12.3. The van der Waals surface area contributed by atoms with Gasteiger partial charge in [-0.3, -0.25) is 14.5 Å². The van der Waals surface area contributed by atoms with Crippen LogP contribution in [0.1, 0.15) is 24.8 Å². The molecule has 94 valence electrons. The SMILES string of the molecule is Cc1cc(N2C(=O)C3CCCC3C2=O)ccc1Br. The van der Waals surface area contributed by atoms with Crippen LogP contribution in [0.25, 0.3) is 0 Å². The third-order valence-electron chi connectivity index (χ3n) is 3.99. The highest BCUT2D eigenvalue weighted by Crippen LogP contribution is 2.41. The highest BCUT2D eigenvalue weighted by Gasteiger charge is 2.50. The molecule has 2 unspecified atom stereocenters. The van der Waals surface area contributed by atoms with E-state index in [2.05, 4.69) is 15.9 Å². The fourth-order valence-corrected chi connectivity index (χ4v) is 3.26. The van der Waals surface area contributed by atoms with Gasteiger partial charge in [-0.2, -0.15) is 0 Å². The summed E-state index contributed by atoms with van der Waals surface area (Å²) in [5.74, 6) is -0.156. The lowest BCUT2D eigenvalue weighted by molar-refractivity contribution is -0.122. The molecular weight excluding hydrogens is 294 g/mol. The van der Waals surface area contributed by atoms with Crippen LogP contribution in [-0.4, -0.2) is 11.8 Å². The van der Waals surface area contributed by atoms with E-state index in [1.807, 2.05) is 25.1 Å². The molecule has 1 aromatic carbocycles. The molecule has 0 aromatic heterocycles. The number of anilines is 1. The summed E-state index contributed by atoms with van der Waals surface area (Å²) in [5, 5.41) is 0. The number of aryl methyl sites for hydroxylation is 1. The standard InChI is InChI=1S/C14H14BrNO2/c1-8-7-9(5-6-12(8)15)16-13(17)10-3-2-4-11(10)14(16)18/h5-7,10-11H,2-4H2,1H3. The molecular formula is C14H14BrNO2. The van der Waals surface area contributed by atoms with E-state index in [9.17, 15) is 9.59 Å². The number of halogens is 1. The van der Waals surface area contributed by atoms with E-state index in [0.29, 0.717) is 5.69 Å². The van der Waals surface area contributed by atoms with Gasteiger partial charge < -0.3 is 0 Å². The first-order valence-corrected chi connectivity index (χ1v) is 7.03. The van der Waals surface area contributed by atoms with Crippen molar-refractivity contribution in [2.24, 2.45) is 11.8 Å². The van der Waals surface area contributed by atoms with Crippen molar-refractivity contribution in [2.45, 2.75) is 26.2 Å². The second kappa shape index (κ2) is 4.19. The van der Waals surface area contributed by atoms with E-state index in [-0.39, 0.29) is 23.7 Å². The van der Waals surface area contributed by atoms with Gasteiger partial charge >= 0.3 is 0 Å². The van der Waals surface area contributed by atoms with Gasteiger partial charge in [0.2, 0.25) is 11.8 Å². The Morgan fingerprint density at radius 2 is 1.78 bits per heavy atom. The van der Waals surface area contributed by atoms with Crippen molar-refractivity contribution in [3.05, 3.63) is 28.2 Å². The fraction of sp³-hybridized carbons (Fsp3) is 0.429. The fourth-order valence-electron chi connectivity index (χ4n) is 3.01. The Morgan fingerprint density at radius 3 is 2.33 bits per heavy atom. The van der Waals surface area contributed by atoms with Crippen LogP contribution < -0.4 is 4.90 Å². The molecule has 1 aromatic rings. The number of hydrogen-bond acceptors (Lipinski definition) is 2. The first kappa shape index (κ1) is 11.9. The van der Waals surface area contributed by atoms with Gasteiger partial charge in [-0.1, -0.05) is 22.4 Å². The minimum absolute atomic E-state index is 0.00998. The van der Waals surface area contributed by atoms with E-state index >= 15 is 0 Å². The zero-order valence-corrected chi connectivity index (χ0v) is 11.7. The topological polar surface area (TPSA) is 37.4 Å². The summed E-state index contributed by atoms with van der Waals surface area (Å²) in [7, 11) is 0. The number of carbonyl (C=O) groups excluding carboxylic acids is 2. The Morgan fingerprint density at radius 1 is 1.17 bits per heavy atom. The van der Waals surface area contributed by atoms with E-state index in [1.165, 1.54) is 4.90 Å². The molecule has 2 aliphatic rings. The Kier molecular flexibility index (Phi) is 2.77. The Balaban J connectivity index is 1.99. The van der Waals surface area contributed by atoms with Gasteiger partial charge in [-0.25, -0.2) is 0 Å². The van der Waals surface area contributed by atoms with Gasteiger partial charge in [0, 0.05) is 4.47 Å².